The second-order valence-electron chi connectivity index (χ2n) is 4.75. The number of carbonyl (C=O) groups is 1. The molecule has 0 aliphatic carbocycles. The zero-order chi connectivity index (χ0) is 14.0. The van der Waals surface area contributed by atoms with Crippen molar-refractivity contribution in [1.82, 2.24) is 10.6 Å². The maximum Gasteiger partial charge on any atom is 0.237 e. The van der Waals surface area contributed by atoms with Crippen LogP contribution in [-0.2, 0) is 4.79 Å². The third kappa shape index (κ3) is 3.60. The van der Waals surface area contributed by atoms with Gasteiger partial charge in [-0.05, 0) is 31.0 Å². The van der Waals surface area contributed by atoms with Crippen LogP contribution in [0.2, 0.25) is 10.0 Å². The van der Waals surface area contributed by atoms with E-state index in [0.717, 1.165) is 5.56 Å². The molecule has 1 saturated heterocycles. The molecule has 1 heterocycles. The molecule has 1 fully saturated rings. The minimum Gasteiger partial charge on any atom is -0.392 e. The number of aliphatic hydroxyl groups is 1. The Morgan fingerprint density at radius 3 is 2.79 bits per heavy atom. The van der Waals surface area contributed by atoms with Crippen LogP contribution in [-0.4, -0.2) is 29.7 Å². The Bertz CT molecular complexity index is 482. The minimum atomic E-state index is -0.448. The van der Waals surface area contributed by atoms with E-state index in [-0.39, 0.29) is 18.0 Å². The Kier molecular flexibility index (Phi) is 4.68. The molecule has 1 aromatic rings. The third-order valence-corrected chi connectivity index (χ3v) is 3.97. The van der Waals surface area contributed by atoms with Crippen molar-refractivity contribution in [3.8, 4) is 0 Å². The second kappa shape index (κ2) is 6.09. The molecule has 3 atom stereocenters. The van der Waals surface area contributed by atoms with Gasteiger partial charge >= 0.3 is 0 Å². The van der Waals surface area contributed by atoms with Crippen LogP contribution >= 0.6 is 23.2 Å². The summed E-state index contributed by atoms with van der Waals surface area (Å²) in [7, 11) is 0. The molecule has 19 heavy (non-hydrogen) atoms. The van der Waals surface area contributed by atoms with Gasteiger partial charge < -0.3 is 15.7 Å². The largest absolute Gasteiger partial charge is 0.392 e. The molecule has 104 valence electrons. The van der Waals surface area contributed by atoms with Crippen LogP contribution in [0.4, 0.5) is 0 Å². The highest BCUT2D eigenvalue weighted by atomic mass is 35.5. The fourth-order valence-corrected chi connectivity index (χ4v) is 2.40. The van der Waals surface area contributed by atoms with Gasteiger partial charge in [-0.25, -0.2) is 0 Å². The lowest BCUT2D eigenvalue weighted by atomic mass is 10.1. The molecule has 0 spiro atoms. The van der Waals surface area contributed by atoms with Gasteiger partial charge in [0.1, 0.15) is 0 Å². The summed E-state index contributed by atoms with van der Waals surface area (Å²) >= 11 is 11.8. The normalized spacial score (nSPS) is 24.2. The predicted molar refractivity (Wildman–Crippen MR) is 75.4 cm³/mol. The van der Waals surface area contributed by atoms with E-state index in [2.05, 4.69) is 10.6 Å². The van der Waals surface area contributed by atoms with Gasteiger partial charge in [0.25, 0.3) is 0 Å². The number of aliphatic hydroxyl groups excluding tert-OH is 1. The number of amides is 1. The number of rotatable bonds is 3. The summed E-state index contributed by atoms with van der Waals surface area (Å²) in [6, 6.07) is 4.78. The van der Waals surface area contributed by atoms with Crippen molar-refractivity contribution in [1.29, 1.82) is 0 Å². The van der Waals surface area contributed by atoms with Crippen LogP contribution in [0.5, 0.6) is 0 Å². The average molecular weight is 303 g/mol. The molecule has 0 saturated carbocycles. The zero-order valence-electron chi connectivity index (χ0n) is 10.5. The number of benzene rings is 1. The molecule has 4 nitrogen and oxygen atoms in total. The molecule has 0 bridgehead atoms. The Labute approximate surface area is 122 Å². The Hall–Kier alpha value is -0.810. The first-order valence-corrected chi connectivity index (χ1v) is 6.89. The maximum atomic E-state index is 12.0. The van der Waals surface area contributed by atoms with Gasteiger partial charge in [0.2, 0.25) is 5.91 Å². The molecule has 1 amide bonds. The van der Waals surface area contributed by atoms with Crippen LogP contribution in [0.25, 0.3) is 0 Å². The van der Waals surface area contributed by atoms with Gasteiger partial charge in [-0.2, -0.15) is 0 Å². The first-order valence-electron chi connectivity index (χ1n) is 6.14. The topological polar surface area (TPSA) is 61.4 Å². The lowest BCUT2D eigenvalue weighted by molar-refractivity contribution is -0.123. The maximum absolute atomic E-state index is 12.0. The van der Waals surface area contributed by atoms with Crippen LogP contribution in [0.3, 0.4) is 0 Å². The molecule has 3 N–H and O–H groups in total. The van der Waals surface area contributed by atoms with Crippen LogP contribution in [0.1, 0.15) is 24.9 Å². The number of β-amino-alcohol motifs (C(OH)–C–C–N with tert-alkyl or cyclic N) is 1. The van der Waals surface area contributed by atoms with E-state index in [4.69, 9.17) is 23.2 Å². The van der Waals surface area contributed by atoms with Crippen molar-refractivity contribution in [3.05, 3.63) is 33.8 Å². The first-order chi connectivity index (χ1) is 8.97. The van der Waals surface area contributed by atoms with E-state index in [1.54, 1.807) is 12.1 Å². The van der Waals surface area contributed by atoms with Crippen molar-refractivity contribution in [2.45, 2.75) is 31.5 Å². The lowest BCUT2D eigenvalue weighted by Gasteiger charge is -2.18. The number of halogens is 2. The molecule has 1 aromatic carbocycles. The van der Waals surface area contributed by atoms with Gasteiger partial charge in [0.15, 0.2) is 0 Å². The van der Waals surface area contributed by atoms with Gasteiger partial charge in [0.05, 0.1) is 28.2 Å². The van der Waals surface area contributed by atoms with E-state index < -0.39 is 6.10 Å². The van der Waals surface area contributed by atoms with E-state index in [0.29, 0.717) is 23.0 Å². The van der Waals surface area contributed by atoms with Gasteiger partial charge in [-0.3, -0.25) is 4.79 Å². The summed E-state index contributed by atoms with van der Waals surface area (Å²) in [4.78, 5) is 12.0. The molecule has 0 aromatic heterocycles. The van der Waals surface area contributed by atoms with Gasteiger partial charge in [0, 0.05) is 6.54 Å². The average Bonchev–Trinajstić information content (AvgIpc) is 2.79. The molecule has 2 rings (SSSR count). The molecular formula is C13H16Cl2N2O2. The first kappa shape index (κ1) is 14.6. The Morgan fingerprint density at radius 1 is 1.47 bits per heavy atom. The predicted octanol–water partition coefficient (Wildman–Crippen LogP) is 1.89. The number of hydrogen-bond acceptors (Lipinski definition) is 3. The summed E-state index contributed by atoms with van der Waals surface area (Å²) in [6.45, 7) is 2.34. The minimum absolute atomic E-state index is 0.116. The molecular weight excluding hydrogens is 287 g/mol. The van der Waals surface area contributed by atoms with E-state index >= 15 is 0 Å². The van der Waals surface area contributed by atoms with E-state index in [1.165, 1.54) is 0 Å². The SMILES string of the molecule is C[C@H](NC(=O)[C@H]1C[C@@H](O)CN1)c1ccc(Cl)c(Cl)c1. The van der Waals surface area contributed by atoms with Crippen molar-refractivity contribution < 1.29 is 9.90 Å². The number of carbonyl (C=O) groups excluding carboxylic acids is 1. The van der Waals surface area contributed by atoms with Crippen molar-refractivity contribution in [2.75, 3.05) is 6.54 Å². The van der Waals surface area contributed by atoms with Crippen LogP contribution in [0, 0.1) is 0 Å². The summed E-state index contributed by atoms with van der Waals surface area (Å²) in [5.74, 6) is -0.116. The highest BCUT2D eigenvalue weighted by Gasteiger charge is 2.28. The van der Waals surface area contributed by atoms with Crippen LogP contribution in [0.15, 0.2) is 18.2 Å². The van der Waals surface area contributed by atoms with Gasteiger partial charge in [-0.15, -0.1) is 0 Å². The second-order valence-corrected chi connectivity index (χ2v) is 5.57. The monoisotopic (exact) mass is 302 g/mol. The summed E-state index contributed by atoms with van der Waals surface area (Å²) in [5.41, 5.74) is 0.890. The highest BCUT2D eigenvalue weighted by Crippen LogP contribution is 2.25. The molecule has 0 radical (unpaired) electrons. The van der Waals surface area contributed by atoms with Crippen molar-refractivity contribution in [2.24, 2.45) is 0 Å². The smallest absolute Gasteiger partial charge is 0.237 e. The third-order valence-electron chi connectivity index (χ3n) is 3.23. The standard InChI is InChI=1S/C13H16Cl2N2O2/c1-7(8-2-3-10(14)11(15)4-8)17-13(19)12-5-9(18)6-16-12/h2-4,7,9,12,16,18H,5-6H2,1H3,(H,17,19)/t7-,9+,12+/m0/s1. The summed E-state index contributed by atoms with van der Waals surface area (Å²) in [6.07, 6.45) is -0.00375. The molecule has 6 heteroatoms. The molecule has 1 aliphatic heterocycles. The van der Waals surface area contributed by atoms with Crippen molar-refractivity contribution >= 4 is 29.1 Å². The molecule has 0 unspecified atom stereocenters. The van der Waals surface area contributed by atoms with Crippen molar-refractivity contribution in [3.63, 3.8) is 0 Å². The van der Waals surface area contributed by atoms with Crippen LogP contribution < -0.4 is 10.6 Å². The number of nitrogens with one attached hydrogen (secondary N) is 2. The Balaban J connectivity index is 1.98. The van der Waals surface area contributed by atoms with E-state index in [9.17, 15) is 9.90 Å². The van der Waals surface area contributed by atoms with E-state index in [1.807, 2.05) is 13.0 Å². The lowest BCUT2D eigenvalue weighted by Crippen LogP contribution is -2.41. The highest BCUT2D eigenvalue weighted by molar-refractivity contribution is 6.42. The fourth-order valence-electron chi connectivity index (χ4n) is 2.10. The number of hydrogen-bond donors (Lipinski definition) is 3. The fraction of sp³-hybridized carbons (Fsp3) is 0.462. The summed E-state index contributed by atoms with van der Waals surface area (Å²) < 4.78 is 0. The van der Waals surface area contributed by atoms with Gasteiger partial charge in [-0.1, -0.05) is 29.3 Å². The quantitative estimate of drug-likeness (QED) is 0.799. The zero-order valence-corrected chi connectivity index (χ0v) is 12.0. The molecule has 1 aliphatic rings. The Morgan fingerprint density at radius 2 is 2.21 bits per heavy atom. The summed E-state index contributed by atoms with van der Waals surface area (Å²) in [5, 5.41) is 16.2.